The molecular formula is C16H22FN3O2. The van der Waals surface area contributed by atoms with Gasteiger partial charge in [-0.1, -0.05) is 25.1 Å². The number of carbonyl (C=O) groups excluding carboxylic acids is 2. The molecule has 3 amide bonds. The second kappa shape index (κ2) is 7.77. The first-order valence-electron chi connectivity index (χ1n) is 7.59. The molecular weight excluding hydrogens is 285 g/mol. The number of nitrogens with one attached hydrogen (secondary N) is 2. The van der Waals surface area contributed by atoms with E-state index < -0.39 is 0 Å². The first kappa shape index (κ1) is 16.3. The van der Waals surface area contributed by atoms with Crippen molar-refractivity contribution in [2.45, 2.75) is 26.3 Å². The van der Waals surface area contributed by atoms with Crippen LogP contribution in [0.25, 0.3) is 0 Å². The summed E-state index contributed by atoms with van der Waals surface area (Å²) in [5.41, 5.74) is 0.452. The van der Waals surface area contributed by atoms with Crippen LogP contribution in [0, 0.1) is 11.7 Å². The van der Waals surface area contributed by atoms with Crippen LogP contribution in [0.3, 0.4) is 0 Å². The first-order valence-corrected chi connectivity index (χ1v) is 7.59. The lowest BCUT2D eigenvalue weighted by Gasteiger charge is -2.21. The summed E-state index contributed by atoms with van der Waals surface area (Å²) >= 11 is 0. The Balaban J connectivity index is 1.67. The van der Waals surface area contributed by atoms with Gasteiger partial charge in [0.1, 0.15) is 5.82 Å². The monoisotopic (exact) mass is 307 g/mol. The standard InChI is InChI=1S/C16H22FN3O2/c1-12(11-20-8-4-7-15(20)21)9-18-16(22)19-10-13-5-2-3-6-14(13)17/h2-3,5-6,12H,4,7-11H2,1H3,(H2,18,19,22)/t12-/m1/s1. The molecule has 1 aliphatic heterocycles. The number of hydrogen-bond donors (Lipinski definition) is 2. The summed E-state index contributed by atoms with van der Waals surface area (Å²) in [6.07, 6.45) is 1.55. The molecule has 1 fully saturated rings. The van der Waals surface area contributed by atoms with E-state index in [4.69, 9.17) is 0 Å². The van der Waals surface area contributed by atoms with Crippen LogP contribution in [0.15, 0.2) is 24.3 Å². The minimum atomic E-state index is -0.331. The van der Waals surface area contributed by atoms with E-state index in [1.165, 1.54) is 6.07 Å². The molecule has 0 bridgehead atoms. The van der Waals surface area contributed by atoms with E-state index in [9.17, 15) is 14.0 Å². The molecule has 2 N–H and O–H groups in total. The van der Waals surface area contributed by atoms with E-state index in [2.05, 4.69) is 10.6 Å². The fourth-order valence-corrected chi connectivity index (χ4v) is 2.48. The molecule has 120 valence electrons. The Bertz CT molecular complexity index is 536. The molecule has 1 saturated heterocycles. The number of amides is 3. The van der Waals surface area contributed by atoms with Gasteiger partial charge in [-0.3, -0.25) is 4.79 Å². The van der Waals surface area contributed by atoms with Crippen molar-refractivity contribution in [3.63, 3.8) is 0 Å². The molecule has 0 unspecified atom stereocenters. The maximum atomic E-state index is 13.4. The number of nitrogens with zero attached hydrogens (tertiary/aromatic N) is 1. The van der Waals surface area contributed by atoms with Crippen molar-refractivity contribution in [3.05, 3.63) is 35.6 Å². The minimum Gasteiger partial charge on any atom is -0.342 e. The van der Waals surface area contributed by atoms with E-state index in [-0.39, 0.29) is 30.2 Å². The maximum absolute atomic E-state index is 13.4. The van der Waals surface area contributed by atoms with Crippen LogP contribution in [0.1, 0.15) is 25.3 Å². The van der Waals surface area contributed by atoms with Crippen molar-refractivity contribution < 1.29 is 14.0 Å². The molecule has 0 spiro atoms. The molecule has 0 aliphatic carbocycles. The average Bonchev–Trinajstić information content (AvgIpc) is 2.89. The first-order chi connectivity index (χ1) is 10.6. The Morgan fingerprint density at radius 1 is 1.36 bits per heavy atom. The molecule has 1 atom stereocenters. The van der Waals surface area contributed by atoms with E-state index in [0.717, 1.165) is 13.0 Å². The summed E-state index contributed by atoms with van der Waals surface area (Å²) in [6, 6.07) is 6.01. The summed E-state index contributed by atoms with van der Waals surface area (Å²) < 4.78 is 13.4. The number of rotatable bonds is 6. The van der Waals surface area contributed by atoms with E-state index >= 15 is 0 Å². The Morgan fingerprint density at radius 2 is 2.14 bits per heavy atom. The predicted molar refractivity (Wildman–Crippen MR) is 81.6 cm³/mol. The number of urea groups is 1. The summed E-state index contributed by atoms with van der Waals surface area (Å²) in [6.45, 7) is 4.09. The van der Waals surface area contributed by atoms with Crippen LogP contribution < -0.4 is 10.6 Å². The van der Waals surface area contributed by atoms with Gasteiger partial charge in [0, 0.05) is 38.2 Å². The Kier molecular flexibility index (Phi) is 5.75. The van der Waals surface area contributed by atoms with Gasteiger partial charge in [-0.15, -0.1) is 0 Å². The summed E-state index contributed by atoms with van der Waals surface area (Å²) in [5.74, 6) is 0.0424. The van der Waals surface area contributed by atoms with Gasteiger partial charge in [0.05, 0.1) is 0 Å². The molecule has 0 radical (unpaired) electrons. The quantitative estimate of drug-likeness (QED) is 0.843. The second-order valence-corrected chi connectivity index (χ2v) is 5.70. The summed E-state index contributed by atoms with van der Waals surface area (Å²) in [4.78, 5) is 25.1. The van der Waals surface area contributed by atoms with E-state index in [1.807, 2.05) is 11.8 Å². The van der Waals surface area contributed by atoms with Gasteiger partial charge in [0.25, 0.3) is 0 Å². The smallest absolute Gasteiger partial charge is 0.315 e. The molecule has 1 aliphatic rings. The summed E-state index contributed by atoms with van der Waals surface area (Å²) in [7, 11) is 0. The Labute approximate surface area is 129 Å². The van der Waals surface area contributed by atoms with Gasteiger partial charge in [0.15, 0.2) is 0 Å². The predicted octanol–water partition coefficient (Wildman–Crippen LogP) is 1.88. The van der Waals surface area contributed by atoms with Crippen LogP contribution in [0.4, 0.5) is 9.18 Å². The van der Waals surface area contributed by atoms with E-state index in [0.29, 0.717) is 25.1 Å². The van der Waals surface area contributed by atoms with Crippen LogP contribution in [-0.4, -0.2) is 36.5 Å². The van der Waals surface area contributed by atoms with Gasteiger partial charge < -0.3 is 15.5 Å². The minimum absolute atomic E-state index is 0.150. The van der Waals surface area contributed by atoms with E-state index in [1.54, 1.807) is 18.2 Å². The molecule has 22 heavy (non-hydrogen) atoms. The average molecular weight is 307 g/mol. The van der Waals surface area contributed by atoms with Gasteiger partial charge in [-0.2, -0.15) is 0 Å². The van der Waals surface area contributed by atoms with Crippen molar-refractivity contribution in [2.24, 2.45) is 5.92 Å². The Morgan fingerprint density at radius 3 is 2.82 bits per heavy atom. The molecule has 2 rings (SSSR count). The van der Waals surface area contributed by atoms with Crippen LogP contribution >= 0.6 is 0 Å². The van der Waals surface area contributed by atoms with Crippen molar-refractivity contribution in [1.82, 2.24) is 15.5 Å². The largest absolute Gasteiger partial charge is 0.342 e. The second-order valence-electron chi connectivity index (χ2n) is 5.70. The molecule has 1 aromatic rings. The summed E-state index contributed by atoms with van der Waals surface area (Å²) in [5, 5.41) is 5.38. The highest BCUT2D eigenvalue weighted by atomic mass is 19.1. The number of carbonyl (C=O) groups is 2. The van der Waals surface area contributed by atoms with Crippen molar-refractivity contribution >= 4 is 11.9 Å². The van der Waals surface area contributed by atoms with Crippen LogP contribution in [0.2, 0.25) is 0 Å². The van der Waals surface area contributed by atoms with Crippen LogP contribution in [-0.2, 0) is 11.3 Å². The van der Waals surface area contributed by atoms with Gasteiger partial charge in [-0.25, -0.2) is 9.18 Å². The lowest BCUT2D eigenvalue weighted by Crippen LogP contribution is -2.40. The third kappa shape index (κ3) is 4.72. The number of hydrogen-bond acceptors (Lipinski definition) is 2. The highest BCUT2D eigenvalue weighted by molar-refractivity contribution is 5.78. The van der Waals surface area contributed by atoms with Crippen molar-refractivity contribution in [2.75, 3.05) is 19.6 Å². The maximum Gasteiger partial charge on any atom is 0.315 e. The van der Waals surface area contributed by atoms with Crippen molar-refractivity contribution in [3.8, 4) is 0 Å². The highest BCUT2D eigenvalue weighted by Gasteiger charge is 2.21. The third-order valence-corrected chi connectivity index (χ3v) is 3.71. The number of likely N-dealkylation sites (tertiary alicyclic amines) is 1. The zero-order chi connectivity index (χ0) is 15.9. The number of halogens is 1. The van der Waals surface area contributed by atoms with Crippen molar-refractivity contribution in [1.29, 1.82) is 0 Å². The zero-order valence-electron chi connectivity index (χ0n) is 12.8. The lowest BCUT2D eigenvalue weighted by atomic mass is 10.1. The fraction of sp³-hybridized carbons (Fsp3) is 0.500. The number of benzene rings is 1. The topological polar surface area (TPSA) is 61.4 Å². The normalized spacial score (nSPS) is 15.7. The third-order valence-electron chi connectivity index (χ3n) is 3.71. The highest BCUT2D eigenvalue weighted by Crippen LogP contribution is 2.11. The fourth-order valence-electron chi connectivity index (χ4n) is 2.48. The molecule has 1 heterocycles. The zero-order valence-corrected chi connectivity index (χ0v) is 12.8. The molecule has 5 nitrogen and oxygen atoms in total. The van der Waals surface area contributed by atoms with Gasteiger partial charge in [0.2, 0.25) is 5.91 Å². The lowest BCUT2D eigenvalue weighted by molar-refractivity contribution is -0.128. The van der Waals surface area contributed by atoms with Crippen LogP contribution in [0.5, 0.6) is 0 Å². The van der Waals surface area contributed by atoms with Gasteiger partial charge >= 0.3 is 6.03 Å². The molecule has 0 aromatic heterocycles. The van der Waals surface area contributed by atoms with Gasteiger partial charge in [-0.05, 0) is 18.4 Å². The molecule has 1 aromatic carbocycles. The SMILES string of the molecule is C[C@H](CNC(=O)NCc1ccccc1F)CN1CCCC1=O. The Hall–Kier alpha value is -2.11. The molecule has 0 saturated carbocycles. The molecule has 6 heteroatoms.